The summed E-state index contributed by atoms with van der Waals surface area (Å²) in [6.45, 7) is 4.58. The SMILES string of the molecule is O=C(c1cccs1)N1CCN(C[C@@H]2CCCN2C(=O)CN2CCC[C@H](NS(=O)(=O)c3cc4cc(Cl)ccc4s3)C2=O)CC1. The zero-order valence-electron chi connectivity index (χ0n) is 23.6. The highest BCUT2D eigenvalue weighted by Gasteiger charge is 2.37. The number of fused-ring (bicyclic) bond motifs is 1. The highest BCUT2D eigenvalue weighted by atomic mass is 35.5. The lowest BCUT2D eigenvalue weighted by Gasteiger charge is -2.38. The number of amides is 3. The van der Waals surface area contributed by atoms with Gasteiger partial charge in [0.1, 0.15) is 10.3 Å². The number of likely N-dealkylation sites (tertiary alicyclic amines) is 2. The Morgan fingerprint density at radius 1 is 1.00 bits per heavy atom. The van der Waals surface area contributed by atoms with Crippen molar-refractivity contribution < 1.29 is 22.8 Å². The van der Waals surface area contributed by atoms with Crippen molar-refractivity contribution in [3.05, 3.63) is 51.7 Å². The number of piperazine rings is 1. The summed E-state index contributed by atoms with van der Waals surface area (Å²) in [7, 11) is -3.93. The van der Waals surface area contributed by atoms with Crippen LogP contribution in [0.1, 0.15) is 35.4 Å². The van der Waals surface area contributed by atoms with E-state index in [2.05, 4.69) is 9.62 Å². The number of benzene rings is 1. The summed E-state index contributed by atoms with van der Waals surface area (Å²) in [6.07, 6.45) is 2.79. The summed E-state index contributed by atoms with van der Waals surface area (Å²) in [5.41, 5.74) is 0. The van der Waals surface area contributed by atoms with Gasteiger partial charge in [-0.1, -0.05) is 17.7 Å². The van der Waals surface area contributed by atoms with E-state index in [0.29, 0.717) is 44.0 Å². The van der Waals surface area contributed by atoms with Crippen LogP contribution in [-0.2, 0) is 19.6 Å². The van der Waals surface area contributed by atoms with Gasteiger partial charge in [-0.05, 0) is 66.8 Å². The van der Waals surface area contributed by atoms with Gasteiger partial charge in [0, 0.05) is 61.6 Å². The van der Waals surface area contributed by atoms with Crippen molar-refractivity contribution in [3.8, 4) is 0 Å². The van der Waals surface area contributed by atoms with Crippen LogP contribution >= 0.6 is 34.3 Å². The first-order valence-corrected chi connectivity index (χ1v) is 18.1. The Hall–Kier alpha value is -2.55. The number of rotatable bonds is 8. The minimum atomic E-state index is -3.93. The molecule has 0 spiro atoms. The van der Waals surface area contributed by atoms with Gasteiger partial charge in [-0.25, -0.2) is 8.42 Å². The zero-order chi connectivity index (χ0) is 30.1. The van der Waals surface area contributed by atoms with E-state index in [1.807, 2.05) is 27.3 Å². The Balaban J connectivity index is 1.03. The Morgan fingerprint density at radius 3 is 2.56 bits per heavy atom. The topological polar surface area (TPSA) is 110 Å². The lowest BCUT2D eigenvalue weighted by atomic mass is 10.1. The number of thiophene rings is 2. The minimum absolute atomic E-state index is 0.0575. The van der Waals surface area contributed by atoms with Crippen LogP contribution in [0.25, 0.3) is 10.1 Å². The standard InChI is InChI=1S/C29H34ClN5O5S3/c30-21-7-8-24-20(16-21)17-27(42-24)43(39,40)31-23-5-2-9-34(28(23)37)19-26(36)35-10-1-4-22(35)18-32-11-13-33(14-12-32)29(38)25-6-3-15-41-25/h3,6-8,15-17,22-23,31H,1-2,4-5,9-14,18-19H2/t22-,23-/m0/s1. The molecule has 10 nitrogen and oxygen atoms in total. The number of nitrogens with one attached hydrogen (secondary N) is 1. The van der Waals surface area contributed by atoms with Gasteiger partial charge in [0.25, 0.3) is 15.9 Å². The molecule has 3 saturated heterocycles. The van der Waals surface area contributed by atoms with Crippen molar-refractivity contribution in [3.63, 3.8) is 0 Å². The number of halogens is 1. The molecule has 1 aromatic carbocycles. The first-order chi connectivity index (χ1) is 20.7. The molecule has 43 heavy (non-hydrogen) atoms. The number of hydrogen-bond acceptors (Lipinski definition) is 8. The number of carbonyl (C=O) groups excluding carboxylic acids is 3. The molecule has 1 N–H and O–H groups in total. The Morgan fingerprint density at radius 2 is 1.79 bits per heavy atom. The van der Waals surface area contributed by atoms with Gasteiger partial charge in [-0.3, -0.25) is 19.3 Å². The van der Waals surface area contributed by atoms with Crippen LogP contribution in [0.5, 0.6) is 0 Å². The van der Waals surface area contributed by atoms with Crippen LogP contribution in [0.2, 0.25) is 5.02 Å². The van der Waals surface area contributed by atoms with E-state index in [9.17, 15) is 22.8 Å². The van der Waals surface area contributed by atoms with Crippen LogP contribution < -0.4 is 4.72 Å². The maximum atomic E-state index is 13.4. The lowest BCUT2D eigenvalue weighted by Crippen LogP contribution is -2.56. The second-order valence-electron chi connectivity index (χ2n) is 11.3. The first-order valence-electron chi connectivity index (χ1n) is 14.5. The number of nitrogens with zero attached hydrogens (tertiary/aromatic N) is 4. The molecule has 3 aliphatic heterocycles. The predicted molar refractivity (Wildman–Crippen MR) is 168 cm³/mol. The first kappa shape index (κ1) is 30.5. The normalized spacial score (nSPS) is 22.1. The van der Waals surface area contributed by atoms with E-state index >= 15 is 0 Å². The van der Waals surface area contributed by atoms with Crippen LogP contribution in [0.3, 0.4) is 0 Å². The molecule has 3 amide bonds. The van der Waals surface area contributed by atoms with Crippen LogP contribution in [0, 0.1) is 0 Å². The molecule has 3 aliphatic rings. The number of sulfonamides is 1. The van der Waals surface area contributed by atoms with Crippen LogP contribution in [-0.4, -0.2) is 110 Å². The van der Waals surface area contributed by atoms with Gasteiger partial charge >= 0.3 is 0 Å². The Kier molecular flexibility index (Phi) is 9.09. The fraction of sp³-hybridized carbons (Fsp3) is 0.483. The molecule has 14 heteroatoms. The summed E-state index contributed by atoms with van der Waals surface area (Å²) in [5.74, 6) is -0.394. The Labute approximate surface area is 264 Å². The zero-order valence-corrected chi connectivity index (χ0v) is 26.8. The smallest absolute Gasteiger partial charge is 0.264 e. The average molecular weight is 664 g/mol. The van der Waals surface area contributed by atoms with Gasteiger partial charge < -0.3 is 14.7 Å². The molecule has 0 aliphatic carbocycles. The highest BCUT2D eigenvalue weighted by Crippen LogP contribution is 2.31. The number of hydrogen-bond donors (Lipinski definition) is 1. The van der Waals surface area contributed by atoms with Crippen molar-refractivity contribution in [2.45, 2.75) is 42.0 Å². The molecule has 3 fully saturated rings. The van der Waals surface area contributed by atoms with E-state index in [-0.39, 0.29) is 34.5 Å². The second-order valence-corrected chi connectivity index (χ2v) is 15.7. The van der Waals surface area contributed by atoms with Gasteiger partial charge in [-0.15, -0.1) is 22.7 Å². The highest BCUT2D eigenvalue weighted by molar-refractivity contribution is 7.91. The molecule has 3 aromatic rings. The van der Waals surface area contributed by atoms with Crippen molar-refractivity contribution in [2.24, 2.45) is 0 Å². The van der Waals surface area contributed by atoms with Gasteiger partial charge in [0.05, 0.1) is 11.4 Å². The molecule has 0 unspecified atom stereocenters. The summed E-state index contributed by atoms with van der Waals surface area (Å²) >= 11 is 8.64. The van der Waals surface area contributed by atoms with E-state index < -0.39 is 16.1 Å². The van der Waals surface area contributed by atoms with E-state index in [1.165, 1.54) is 16.2 Å². The summed E-state index contributed by atoms with van der Waals surface area (Å²) < 4.78 is 29.9. The quantitative estimate of drug-likeness (QED) is 0.396. The fourth-order valence-corrected chi connectivity index (χ4v) is 9.66. The fourth-order valence-electron chi connectivity index (χ4n) is 6.17. The summed E-state index contributed by atoms with van der Waals surface area (Å²) in [4.78, 5) is 47.8. The Bertz CT molecular complexity index is 1600. The number of piperidine rings is 1. The summed E-state index contributed by atoms with van der Waals surface area (Å²) in [5, 5.41) is 3.16. The van der Waals surface area contributed by atoms with E-state index in [4.69, 9.17) is 11.6 Å². The molecule has 0 bridgehead atoms. The number of carbonyl (C=O) groups is 3. The van der Waals surface area contributed by atoms with E-state index in [0.717, 1.165) is 58.8 Å². The molecule has 0 saturated carbocycles. The maximum absolute atomic E-state index is 13.4. The van der Waals surface area contributed by atoms with Crippen LogP contribution in [0.15, 0.2) is 46.0 Å². The molecule has 2 atom stereocenters. The average Bonchev–Trinajstić information content (AvgIpc) is 3.76. The molecule has 230 valence electrons. The minimum Gasteiger partial charge on any atom is -0.337 e. The third-order valence-electron chi connectivity index (χ3n) is 8.43. The summed E-state index contributed by atoms with van der Waals surface area (Å²) in [6, 6.07) is 9.66. The van der Waals surface area contributed by atoms with Gasteiger partial charge in [-0.2, -0.15) is 4.72 Å². The molecular formula is C29H34ClN5O5S3. The predicted octanol–water partition coefficient (Wildman–Crippen LogP) is 3.33. The van der Waals surface area contributed by atoms with Gasteiger partial charge in [0.2, 0.25) is 11.8 Å². The van der Waals surface area contributed by atoms with E-state index in [1.54, 1.807) is 24.3 Å². The maximum Gasteiger partial charge on any atom is 0.264 e. The third-order valence-corrected chi connectivity index (χ3v) is 12.6. The van der Waals surface area contributed by atoms with Crippen LogP contribution in [0.4, 0.5) is 0 Å². The second kappa shape index (κ2) is 12.8. The van der Waals surface area contributed by atoms with Crippen molar-refractivity contribution >= 4 is 72.1 Å². The molecule has 5 heterocycles. The monoisotopic (exact) mass is 663 g/mol. The van der Waals surface area contributed by atoms with Gasteiger partial charge in [0.15, 0.2) is 0 Å². The molecular weight excluding hydrogens is 630 g/mol. The molecule has 6 rings (SSSR count). The third kappa shape index (κ3) is 6.76. The van der Waals surface area contributed by atoms with Crippen molar-refractivity contribution in [1.82, 2.24) is 24.3 Å². The van der Waals surface area contributed by atoms with Crippen molar-refractivity contribution in [2.75, 3.05) is 52.4 Å². The largest absolute Gasteiger partial charge is 0.337 e. The molecule has 0 radical (unpaired) electrons. The molecule has 2 aromatic heterocycles. The van der Waals surface area contributed by atoms with Crippen molar-refractivity contribution in [1.29, 1.82) is 0 Å². The lowest BCUT2D eigenvalue weighted by molar-refractivity contribution is -0.143.